The third-order valence-corrected chi connectivity index (χ3v) is 6.87. The van der Waals surface area contributed by atoms with Gasteiger partial charge in [-0.3, -0.25) is 9.89 Å². The van der Waals surface area contributed by atoms with Crippen molar-refractivity contribution in [1.82, 2.24) is 15.5 Å². The van der Waals surface area contributed by atoms with Crippen LogP contribution in [-0.2, 0) is 6.54 Å². The molecule has 1 unspecified atom stereocenters. The molecule has 5 rings (SSSR count). The highest BCUT2D eigenvalue weighted by Crippen LogP contribution is 2.33. The van der Waals surface area contributed by atoms with E-state index in [0.29, 0.717) is 12.5 Å². The van der Waals surface area contributed by atoms with E-state index in [-0.39, 0.29) is 6.17 Å². The van der Waals surface area contributed by atoms with Gasteiger partial charge in [-0.05, 0) is 79.2 Å². The second kappa shape index (κ2) is 10.4. The monoisotopic (exact) mass is 476 g/mol. The molecule has 1 fully saturated rings. The van der Waals surface area contributed by atoms with Crippen molar-refractivity contribution < 1.29 is 13.5 Å². The lowest BCUT2D eigenvalue weighted by molar-refractivity contribution is 0.187. The average molecular weight is 477 g/mol. The van der Waals surface area contributed by atoms with E-state index in [2.05, 4.69) is 33.8 Å². The van der Waals surface area contributed by atoms with Gasteiger partial charge in [0.2, 0.25) is 0 Å². The molecule has 2 N–H and O–H groups in total. The predicted octanol–water partition coefficient (Wildman–Crippen LogP) is 4.64. The normalized spacial score (nSPS) is 20.9. The van der Waals surface area contributed by atoms with Crippen LogP contribution in [0.4, 0.5) is 8.78 Å². The zero-order valence-corrected chi connectivity index (χ0v) is 19.8. The molecule has 5 nitrogen and oxygen atoms in total. The second-order valence-electron chi connectivity index (χ2n) is 9.13. The predicted molar refractivity (Wildman–Crippen MR) is 135 cm³/mol. The number of methoxy groups -OCH3 is 1. The minimum Gasteiger partial charge on any atom is -0.497 e. The molecule has 2 aromatic rings. The van der Waals surface area contributed by atoms with Crippen LogP contribution in [0.2, 0.25) is 0 Å². The number of likely N-dealkylation sites (tertiary alicyclic amines) is 1. The molecule has 35 heavy (non-hydrogen) atoms. The molecule has 3 heterocycles. The molecular weight excluding hydrogens is 446 g/mol. The molecule has 3 aliphatic heterocycles. The largest absolute Gasteiger partial charge is 0.497 e. The van der Waals surface area contributed by atoms with E-state index >= 15 is 0 Å². The Morgan fingerprint density at radius 1 is 1.09 bits per heavy atom. The van der Waals surface area contributed by atoms with E-state index in [1.165, 1.54) is 17.8 Å². The number of ether oxygens (including phenoxy) is 1. The van der Waals surface area contributed by atoms with Crippen molar-refractivity contribution in [2.45, 2.75) is 25.6 Å². The summed E-state index contributed by atoms with van der Waals surface area (Å²) in [5, 5.41) is 6.94. The lowest BCUT2D eigenvalue weighted by Crippen LogP contribution is -2.40. The number of piperidine rings is 1. The van der Waals surface area contributed by atoms with Gasteiger partial charge in [0, 0.05) is 36.5 Å². The first-order chi connectivity index (χ1) is 17.1. The summed E-state index contributed by atoms with van der Waals surface area (Å²) in [6.45, 7) is 3.18. The Balaban J connectivity index is 1.36. The van der Waals surface area contributed by atoms with Crippen molar-refractivity contribution in [2.24, 2.45) is 10.9 Å². The Kier molecular flexibility index (Phi) is 6.95. The molecule has 0 amide bonds. The molecule has 0 saturated carbocycles. The first-order valence-corrected chi connectivity index (χ1v) is 12.1. The van der Waals surface area contributed by atoms with Crippen molar-refractivity contribution in [3.8, 4) is 5.75 Å². The topological polar surface area (TPSA) is 48.9 Å². The molecular formula is C28H30F2N4O. The molecule has 3 aliphatic rings. The van der Waals surface area contributed by atoms with Gasteiger partial charge < -0.3 is 15.4 Å². The maximum Gasteiger partial charge on any atom is 0.159 e. The van der Waals surface area contributed by atoms with E-state index in [0.717, 1.165) is 60.5 Å². The van der Waals surface area contributed by atoms with Gasteiger partial charge in [0.25, 0.3) is 0 Å². The van der Waals surface area contributed by atoms with Crippen LogP contribution in [0.3, 0.4) is 0 Å². The third kappa shape index (κ3) is 5.30. The number of nitrogens with zero attached hydrogens (tertiary/aromatic N) is 2. The molecule has 0 aliphatic carbocycles. The van der Waals surface area contributed by atoms with Gasteiger partial charge in [-0.15, -0.1) is 0 Å². The first kappa shape index (κ1) is 23.3. The molecule has 1 atom stereocenters. The fraction of sp³-hybridized carbons (Fsp3) is 0.321. The summed E-state index contributed by atoms with van der Waals surface area (Å²) < 4.78 is 32.4. The van der Waals surface area contributed by atoms with Gasteiger partial charge in [-0.25, -0.2) is 8.78 Å². The highest BCUT2D eigenvalue weighted by Gasteiger charge is 2.29. The smallest absolute Gasteiger partial charge is 0.159 e. The van der Waals surface area contributed by atoms with Crippen LogP contribution in [0.25, 0.3) is 5.57 Å². The fourth-order valence-electron chi connectivity index (χ4n) is 4.96. The number of rotatable bonds is 6. The maximum atomic E-state index is 13.6. The molecule has 2 aromatic carbocycles. The van der Waals surface area contributed by atoms with Crippen LogP contribution in [-0.4, -0.2) is 44.0 Å². The van der Waals surface area contributed by atoms with Crippen LogP contribution in [0.15, 0.2) is 77.1 Å². The Morgan fingerprint density at radius 2 is 1.94 bits per heavy atom. The average Bonchev–Trinajstić information content (AvgIpc) is 2.91. The number of nitrogens with one attached hydrogen (secondary N) is 2. The number of hydrogen-bond donors (Lipinski definition) is 2. The minimum atomic E-state index is -0.803. The summed E-state index contributed by atoms with van der Waals surface area (Å²) in [6.07, 6.45) is 10.0. The zero-order chi connectivity index (χ0) is 24.2. The van der Waals surface area contributed by atoms with Gasteiger partial charge in [-0.1, -0.05) is 24.3 Å². The van der Waals surface area contributed by atoms with Crippen molar-refractivity contribution in [3.63, 3.8) is 0 Å². The van der Waals surface area contributed by atoms with Gasteiger partial charge in [0.05, 0.1) is 7.11 Å². The van der Waals surface area contributed by atoms with Gasteiger partial charge in [0.15, 0.2) is 11.6 Å². The molecule has 0 radical (unpaired) electrons. The summed E-state index contributed by atoms with van der Waals surface area (Å²) >= 11 is 0. The Bertz CT molecular complexity index is 1200. The van der Waals surface area contributed by atoms with Crippen molar-refractivity contribution >= 4 is 11.8 Å². The number of aliphatic imine (C=N–C) groups is 1. The SMILES string of the molecule is COc1cccc(C2=C(C3CCN(Cc4ccc(F)c(F)c4)CC3)NC(C3=CCNC=C3)N=C2)c1. The molecule has 182 valence electrons. The summed E-state index contributed by atoms with van der Waals surface area (Å²) in [6, 6.07) is 12.3. The van der Waals surface area contributed by atoms with Crippen LogP contribution in [0.1, 0.15) is 24.0 Å². The highest BCUT2D eigenvalue weighted by molar-refractivity contribution is 6.12. The number of dihydropyridines is 1. The Labute approximate surface area is 204 Å². The number of halogens is 2. The molecule has 0 spiro atoms. The zero-order valence-electron chi connectivity index (χ0n) is 19.8. The Morgan fingerprint density at radius 3 is 2.69 bits per heavy atom. The van der Waals surface area contributed by atoms with Crippen LogP contribution >= 0.6 is 0 Å². The van der Waals surface area contributed by atoms with E-state index in [4.69, 9.17) is 9.73 Å². The summed E-state index contributed by atoms with van der Waals surface area (Å²) in [7, 11) is 1.68. The molecule has 7 heteroatoms. The first-order valence-electron chi connectivity index (χ1n) is 12.1. The van der Waals surface area contributed by atoms with Gasteiger partial charge >= 0.3 is 0 Å². The molecule has 0 bridgehead atoms. The quantitative estimate of drug-likeness (QED) is 0.638. The van der Waals surface area contributed by atoms with Crippen LogP contribution in [0, 0.1) is 17.6 Å². The van der Waals surface area contributed by atoms with Crippen molar-refractivity contribution in [2.75, 3.05) is 26.7 Å². The number of hydrogen-bond acceptors (Lipinski definition) is 5. The van der Waals surface area contributed by atoms with Crippen LogP contribution in [0.5, 0.6) is 5.75 Å². The number of allylic oxidation sites excluding steroid dienone is 2. The highest BCUT2D eigenvalue weighted by atomic mass is 19.2. The maximum absolute atomic E-state index is 13.6. The Hall–Kier alpha value is -3.45. The molecule has 1 saturated heterocycles. The van der Waals surface area contributed by atoms with E-state index in [1.807, 2.05) is 30.6 Å². The molecule has 0 aromatic heterocycles. The summed E-state index contributed by atoms with van der Waals surface area (Å²) in [5.41, 5.74) is 5.33. The number of benzene rings is 2. The summed E-state index contributed by atoms with van der Waals surface area (Å²) in [4.78, 5) is 7.15. The standard InChI is InChI=1S/C28H30F2N4O/c1-35-23-4-2-3-22(16-23)24-17-32-28(21-7-11-31-12-8-21)33-27(24)20-9-13-34(14-10-20)18-19-5-6-25(29)26(30)15-19/h2-8,11,15-17,20,28,31,33H,9-10,12-14,18H2,1H3. The van der Waals surface area contributed by atoms with Crippen molar-refractivity contribution in [1.29, 1.82) is 0 Å². The van der Waals surface area contributed by atoms with E-state index in [1.54, 1.807) is 13.2 Å². The summed E-state index contributed by atoms with van der Waals surface area (Å²) in [5.74, 6) is -0.431. The van der Waals surface area contributed by atoms with Crippen molar-refractivity contribution in [3.05, 3.63) is 94.8 Å². The second-order valence-corrected chi connectivity index (χ2v) is 9.13. The lowest BCUT2D eigenvalue weighted by atomic mass is 9.87. The van der Waals surface area contributed by atoms with Crippen LogP contribution < -0.4 is 15.4 Å². The van der Waals surface area contributed by atoms with Gasteiger partial charge in [-0.2, -0.15) is 0 Å². The third-order valence-electron chi connectivity index (χ3n) is 6.87. The van der Waals surface area contributed by atoms with E-state index < -0.39 is 11.6 Å². The lowest BCUT2D eigenvalue weighted by Gasteiger charge is -2.37. The van der Waals surface area contributed by atoms with E-state index in [9.17, 15) is 8.78 Å². The van der Waals surface area contributed by atoms with Gasteiger partial charge in [0.1, 0.15) is 11.9 Å². The minimum absolute atomic E-state index is 0.113. The fourth-order valence-corrected chi connectivity index (χ4v) is 4.96.